The van der Waals surface area contributed by atoms with Crippen LogP contribution in [-0.4, -0.2) is 21.3 Å². The molecule has 1 atom stereocenters. The highest BCUT2D eigenvalue weighted by molar-refractivity contribution is 8.25. The van der Waals surface area contributed by atoms with Gasteiger partial charge in [0.05, 0.1) is 5.69 Å². The molecule has 0 N–H and O–H groups in total. The Labute approximate surface area is 132 Å². The molecular weight excluding hydrogens is 302 g/mol. The zero-order valence-electron chi connectivity index (χ0n) is 10.9. The zero-order chi connectivity index (χ0) is 14.8. The van der Waals surface area contributed by atoms with Gasteiger partial charge in [-0.1, -0.05) is 72.5 Å². The van der Waals surface area contributed by atoms with Crippen LogP contribution in [0.5, 0.6) is 0 Å². The summed E-state index contributed by atoms with van der Waals surface area (Å²) >= 11 is 6.40. The lowest BCUT2D eigenvalue weighted by molar-refractivity contribution is -0.116. The number of thioether (sulfide) groups is 1. The Hall–Kier alpha value is -1.98. The van der Waals surface area contributed by atoms with Gasteiger partial charge in [-0.2, -0.15) is 0 Å². The van der Waals surface area contributed by atoms with Gasteiger partial charge >= 0.3 is 0 Å². The van der Waals surface area contributed by atoms with E-state index in [4.69, 9.17) is 12.2 Å². The van der Waals surface area contributed by atoms with E-state index < -0.39 is 5.25 Å². The van der Waals surface area contributed by atoms with Crippen LogP contribution < -0.4 is 4.90 Å². The molecule has 0 unspecified atom stereocenters. The second-order valence-corrected chi connectivity index (χ2v) is 6.24. The Morgan fingerprint density at radius 3 is 2.19 bits per heavy atom. The van der Waals surface area contributed by atoms with Crippen molar-refractivity contribution in [2.45, 2.75) is 5.25 Å². The third kappa shape index (κ3) is 2.62. The normalized spacial score (nSPS) is 18.1. The summed E-state index contributed by atoms with van der Waals surface area (Å²) in [6, 6.07) is 18.0. The molecule has 5 heteroatoms. The van der Waals surface area contributed by atoms with Crippen molar-refractivity contribution in [1.82, 2.24) is 0 Å². The highest BCUT2D eigenvalue weighted by atomic mass is 32.2. The SMILES string of the molecule is O=C(c1ccccc1)[C@H]1SC(=S)N(c2ccccc2)C1=O. The van der Waals surface area contributed by atoms with Crippen LogP contribution in [-0.2, 0) is 4.79 Å². The predicted molar refractivity (Wildman–Crippen MR) is 88.7 cm³/mol. The fraction of sp³-hybridized carbons (Fsp3) is 0.0625. The van der Waals surface area contributed by atoms with Crippen LogP contribution in [0.1, 0.15) is 10.4 Å². The highest BCUT2D eigenvalue weighted by Gasteiger charge is 2.42. The molecule has 0 saturated carbocycles. The Kier molecular flexibility index (Phi) is 3.86. The predicted octanol–water partition coefficient (Wildman–Crippen LogP) is 3.30. The maximum atomic E-state index is 12.5. The first-order valence-corrected chi connectivity index (χ1v) is 7.66. The van der Waals surface area contributed by atoms with Crippen LogP contribution in [0.25, 0.3) is 0 Å². The van der Waals surface area contributed by atoms with Gasteiger partial charge in [0.15, 0.2) is 11.0 Å². The average Bonchev–Trinajstić information content (AvgIpc) is 2.83. The molecule has 1 aliphatic rings. The van der Waals surface area contributed by atoms with Gasteiger partial charge in [0.1, 0.15) is 4.32 Å². The Bertz CT molecular complexity index is 701. The fourth-order valence-corrected chi connectivity index (χ4v) is 3.58. The number of anilines is 1. The zero-order valence-corrected chi connectivity index (χ0v) is 12.6. The van der Waals surface area contributed by atoms with E-state index >= 15 is 0 Å². The van der Waals surface area contributed by atoms with E-state index in [1.807, 2.05) is 24.3 Å². The van der Waals surface area contributed by atoms with Crippen LogP contribution in [0.4, 0.5) is 5.69 Å². The van der Waals surface area contributed by atoms with Crippen molar-refractivity contribution in [3.05, 3.63) is 66.2 Å². The molecule has 0 radical (unpaired) electrons. The molecule has 2 aromatic rings. The first kappa shape index (κ1) is 14.0. The summed E-state index contributed by atoms with van der Waals surface area (Å²) in [6.45, 7) is 0. The van der Waals surface area contributed by atoms with Crippen molar-refractivity contribution >= 4 is 45.7 Å². The smallest absolute Gasteiger partial charge is 0.254 e. The van der Waals surface area contributed by atoms with Crippen LogP contribution in [0.15, 0.2) is 60.7 Å². The van der Waals surface area contributed by atoms with E-state index in [1.165, 1.54) is 4.90 Å². The fourth-order valence-electron chi connectivity index (χ4n) is 2.14. The molecule has 3 rings (SSSR count). The van der Waals surface area contributed by atoms with Gasteiger partial charge in [-0.15, -0.1) is 0 Å². The van der Waals surface area contributed by atoms with E-state index in [2.05, 4.69) is 0 Å². The number of ketones is 1. The number of benzene rings is 2. The lowest BCUT2D eigenvalue weighted by Gasteiger charge is -2.15. The molecule has 0 aliphatic carbocycles. The molecule has 1 heterocycles. The summed E-state index contributed by atoms with van der Waals surface area (Å²) in [7, 11) is 0. The average molecular weight is 313 g/mol. The van der Waals surface area contributed by atoms with E-state index in [-0.39, 0.29) is 11.7 Å². The van der Waals surface area contributed by atoms with Crippen molar-refractivity contribution in [3.8, 4) is 0 Å². The molecule has 1 amide bonds. The number of hydrogen-bond acceptors (Lipinski definition) is 4. The molecule has 0 bridgehead atoms. The third-order valence-corrected chi connectivity index (χ3v) is 4.66. The Balaban J connectivity index is 1.89. The maximum Gasteiger partial charge on any atom is 0.254 e. The van der Waals surface area contributed by atoms with Crippen molar-refractivity contribution in [2.24, 2.45) is 0 Å². The minimum absolute atomic E-state index is 0.202. The lowest BCUT2D eigenvalue weighted by atomic mass is 10.1. The van der Waals surface area contributed by atoms with E-state index in [9.17, 15) is 9.59 Å². The van der Waals surface area contributed by atoms with Gasteiger partial charge in [0.25, 0.3) is 5.91 Å². The monoisotopic (exact) mass is 313 g/mol. The number of Topliss-reactive ketones (excluding diaryl/α,β-unsaturated/α-hetero) is 1. The maximum absolute atomic E-state index is 12.5. The minimum Gasteiger partial charge on any atom is -0.292 e. The number of nitrogens with zero attached hydrogens (tertiary/aromatic N) is 1. The quantitative estimate of drug-likeness (QED) is 0.495. The van der Waals surface area contributed by atoms with Crippen LogP contribution in [0, 0.1) is 0 Å². The molecule has 0 spiro atoms. The Morgan fingerprint density at radius 1 is 1.00 bits per heavy atom. The molecule has 0 aromatic heterocycles. The van der Waals surface area contributed by atoms with Crippen LogP contribution in [0.3, 0.4) is 0 Å². The number of carbonyl (C=O) groups is 2. The van der Waals surface area contributed by atoms with Gasteiger partial charge in [-0.3, -0.25) is 14.5 Å². The van der Waals surface area contributed by atoms with Crippen LogP contribution in [0.2, 0.25) is 0 Å². The van der Waals surface area contributed by atoms with Gasteiger partial charge < -0.3 is 0 Å². The topological polar surface area (TPSA) is 37.4 Å². The number of carbonyl (C=O) groups excluding carboxylic acids is 2. The first-order valence-electron chi connectivity index (χ1n) is 6.37. The number of hydrogen-bond donors (Lipinski definition) is 0. The summed E-state index contributed by atoms with van der Waals surface area (Å²) in [4.78, 5) is 26.4. The highest BCUT2D eigenvalue weighted by Crippen LogP contribution is 2.33. The van der Waals surface area contributed by atoms with Crippen molar-refractivity contribution < 1.29 is 9.59 Å². The first-order chi connectivity index (χ1) is 10.2. The van der Waals surface area contributed by atoms with Gasteiger partial charge in [-0.25, -0.2) is 0 Å². The summed E-state index contributed by atoms with van der Waals surface area (Å²) in [5.41, 5.74) is 1.23. The molecular formula is C16H11NO2S2. The summed E-state index contributed by atoms with van der Waals surface area (Å²) in [5.74, 6) is -0.476. The molecule has 104 valence electrons. The molecule has 2 aromatic carbocycles. The van der Waals surface area contributed by atoms with Crippen LogP contribution >= 0.6 is 24.0 Å². The van der Waals surface area contributed by atoms with E-state index in [0.717, 1.165) is 11.8 Å². The van der Waals surface area contributed by atoms with Crippen molar-refractivity contribution in [3.63, 3.8) is 0 Å². The molecule has 1 aliphatic heterocycles. The second kappa shape index (κ2) is 5.79. The molecule has 3 nitrogen and oxygen atoms in total. The third-order valence-electron chi connectivity index (χ3n) is 3.16. The van der Waals surface area contributed by atoms with E-state index in [0.29, 0.717) is 15.6 Å². The number of para-hydroxylation sites is 1. The summed E-state index contributed by atoms with van der Waals surface area (Å²) < 4.78 is 0.417. The minimum atomic E-state index is -0.792. The van der Waals surface area contributed by atoms with Gasteiger partial charge in [-0.05, 0) is 12.1 Å². The molecule has 1 saturated heterocycles. The van der Waals surface area contributed by atoms with Gasteiger partial charge in [0, 0.05) is 5.56 Å². The van der Waals surface area contributed by atoms with Gasteiger partial charge in [0.2, 0.25) is 0 Å². The largest absolute Gasteiger partial charge is 0.292 e. The number of thiocarbonyl (C=S) groups is 1. The second-order valence-electron chi connectivity index (χ2n) is 4.50. The summed E-state index contributed by atoms with van der Waals surface area (Å²) in [6.07, 6.45) is 0. The van der Waals surface area contributed by atoms with Crippen molar-refractivity contribution in [1.29, 1.82) is 0 Å². The molecule has 21 heavy (non-hydrogen) atoms. The number of rotatable bonds is 3. The standard InChI is InChI=1S/C16H11NO2S2/c18-13(11-7-3-1-4-8-11)14-15(19)17(16(20)21-14)12-9-5-2-6-10-12/h1-10,14H/t14-/m1/s1. The van der Waals surface area contributed by atoms with E-state index in [1.54, 1.807) is 36.4 Å². The molecule has 1 fully saturated rings. The Morgan fingerprint density at radius 2 is 1.57 bits per heavy atom. The lowest BCUT2D eigenvalue weighted by Crippen LogP contribution is -2.34. The summed E-state index contributed by atoms with van der Waals surface area (Å²) in [5, 5.41) is -0.792. The van der Waals surface area contributed by atoms with Crippen molar-refractivity contribution in [2.75, 3.05) is 4.90 Å². The number of amides is 1.